The summed E-state index contributed by atoms with van der Waals surface area (Å²) in [5.41, 5.74) is -1.14. The minimum Gasteiger partial charge on any atom is -0.468 e. The van der Waals surface area contributed by atoms with Crippen LogP contribution in [-0.2, 0) is 16.0 Å². The molecule has 0 aliphatic carbocycles. The molecule has 0 radical (unpaired) electrons. The first-order valence-corrected chi connectivity index (χ1v) is 9.63. The Kier molecular flexibility index (Phi) is 6.98. The Morgan fingerprint density at radius 3 is 1.93 bits per heavy atom. The monoisotopic (exact) mass is 395 g/mol. The number of ether oxygens (including phenoxy) is 2. The Bertz CT molecular complexity index is 608. The molecule has 1 aromatic heterocycles. The van der Waals surface area contributed by atoms with Crippen molar-refractivity contribution in [3.8, 4) is 0 Å². The zero-order valence-electron chi connectivity index (χ0n) is 17.7. The third-order valence-electron chi connectivity index (χ3n) is 3.93. The van der Waals surface area contributed by atoms with Crippen LogP contribution in [0.1, 0.15) is 53.7 Å². The van der Waals surface area contributed by atoms with Crippen molar-refractivity contribution < 1.29 is 23.5 Å². The number of carbonyl (C=O) groups excluding carboxylic acids is 2. The van der Waals surface area contributed by atoms with Crippen LogP contribution in [0.4, 0.5) is 9.59 Å². The largest absolute Gasteiger partial charge is 0.468 e. The van der Waals surface area contributed by atoms with Crippen LogP contribution in [0.2, 0.25) is 0 Å². The van der Waals surface area contributed by atoms with E-state index >= 15 is 0 Å². The van der Waals surface area contributed by atoms with E-state index < -0.39 is 23.4 Å². The van der Waals surface area contributed by atoms with Crippen LogP contribution in [0.15, 0.2) is 22.8 Å². The second-order valence-electron chi connectivity index (χ2n) is 9.20. The van der Waals surface area contributed by atoms with Gasteiger partial charge in [0.1, 0.15) is 17.0 Å². The van der Waals surface area contributed by atoms with E-state index in [1.165, 1.54) is 0 Å². The van der Waals surface area contributed by atoms with Crippen LogP contribution >= 0.6 is 0 Å². The van der Waals surface area contributed by atoms with E-state index in [9.17, 15) is 9.59 Å². The second kappa shape index (κ2) is 8.86. The molecule has 2 atom stereocenters. The molecule has 8 nitrogen and oxygen atoms in total. The number of nitrogens with one attached hydrogen (secondary N) is 2. The summed E-state index contributed by atoms with van der Waals surface area (Å²) >= 11 is 0. The standard InChI is InChI=1S/C20H33N3O5/c1-19(2,3)27-17(24)21-14-10-15(22-18(25)28-20(4,5)6)12-23(11-14)13-16-8-7-9-26-16/h7-9,14-15H,10-13H2,1-6H3,(H,21,24)(H,22,25)/t14-,15+. The zero-order valence-corrected chi connectivity index (χ0v) is 17.7. The molecule has 1 fully saturated rings. The van der Waals surface area contributed by atoms with E-state index in [2.05, 4.69) is 15.5 Å². The number of amides is 2. The maximum absolute atomic E-state index is 12.2. The predicted octanol–water partition coefficient (Wildman–Crippen LogP) is 3.27. The summed E-state index contributed by atoms with van der Waals surface area (Å²) in [6.07, 6.45) is 1.29. The average molecular weight is 396 g/mol. The van der Waals surface area contributed by atoms with Crippen molar-refractivity contribution in [3.05, 3.63) is 24.2 Å². The van der Waals surface area contributed by atoms with Crippen molar-refractivity contribution in [1.29, 1.82) is 0 Å². The molecule has 8 heteroatoms. The SMILES string of the molecule is CC(C)(C)OC(=O)N[C@@H]1C[C@H](NC(=O)OC(C)(C)C)CN(Cc2ccco2)C1. The molecule has 0 spiro atoms. The molecule has 28 heavy (non-hydrogen) atoms. The Morgan fingerprint density at radius 2 is 1.54 bits per heavy atom. The molecular formula is C20H33N3O5. The van der Waals surface area contributed by atoms with Gasteiger partial charge in [0.25, 0.3) is 0 Å². The summed E-state index contributed by atoms with van der Waals surface area (Å²) in [4.78, 5) is 26.5. The normalized spacial score (nSPS) is 21.1. The third kappa shape index (κ3) is 8.21. The lowest BCUT2D eigenvalue weighted by Gasteiger charge is -2.38. The van der Waals surface area contributed by atoms with Gasteiger partial charge >= 0.3 is 12.2 Å². The van der Waals surface area contributed by atoms with Gasteiger partial charge in [0.15, 0.2) is 0 Å². The molecular weight excluding hydrogens is 362 g/mol. The number of carbonyl (C=O) groups is 2. The summed E-state index contributed by atoms with van der Waals surface area (Å²) in [6, 6.07) is 3.41. The van der Waals surface area contributed by atoms with Crippen LogP contribution < -0.4 is 10.6 Å². The number of piperidine rings is 1. The highest BCUT2D eigenvalue weighted by molar-refractivity contribution is 5.69. The highest BCUT2D eigenvalue weighted by Gasteiger charge is 2.31. The number of nitrogens with zero attached hydrogens (tertiary/aromatic N) is 1. The number of alkyl carbamates (subject to hydrolysis) is 2. The van der Waals surface area contributed by atoms with E-state index in [-0.39, 0.29) is 12.1 Å². The molecule has 1 aromatic rings. The van der Waals surface area contributed by atoms with Gasteiger partial charge in [-0.05, 0) is 60.1 Å². The van der Waals surface area contributed by atoms with Crippen LogP contribution in [0.5, 0.6) is 0 Å². The second-order valence-corrected chi connectivity index (χ2v) is 9.20. The van der Waals surface area contributed by atoms with Gasteiger partial charge in [0.05, 0.1) is 12.8 Å². The van der Waals surface area contributed by atoms with Crippen LogP contribution in [0.25, 0.3) is 0 Å². The molecule has 0 bridgehead atoms. The fraction of sp³-hybridized carbons (Fsp3) is 0.700. The van der Waals surface area contributed by atoms with Crippen molar-refractivity contribution in [1.82, 2.24) is 15.5 Å². The molecule has 0 unspecified atom stereocenters. The molecule has 2 heterocycles. The minimum absolute atomic E-state index is 0.168. The lowest BCUT2D eigenvalue weighted by atomic mass is 10.0. The van der Waals surface area contributed by atoms with Crippen molar-refractivity contribution in [2.45, 2.75) is 77.8 Å². The number of rotatable bonds is 4. The highest BCUT2D eigenvalue weighted by Crippen LogP contribution is 2.17. The van der Waals surface area contributed by atoms with E-state index in [1.807, 2.05) is 53.7 Å². The van der Waals surface area contributed by atoms with Crippen LogP contribution in [-0.4, -0.2) is 53.5 Å². The summed E-state index contributed by atoms with van der Waals surface area (Å²) in [7, 11) is 0. The smallest absolute Gasteiger partial charge is 0.407 e. The van der Waals surface area contributed by atoms with Crippen molar-refractivity contribution >= 4 is 12.2 Å². The molecule has 1 aliphatic heterocycles. The molecule has 2 N–H and O–H groups in total. The first-order valence-electron chi connectivity index (χ1n) is 9.63. The van der Waals surface area contributed by atoms with E-state index in [4.69, 9.17) is 13.9 Å². The molecule has 1 saturated heterocycles. The number of hydrogen-bond acceptors (Lipinski definition) is 6. The molecule has 0 saturated carbocycles. The van der Waals surface area contributed by atoms with Gasteiger partial charge in [-0.1, -0.05) is 0 Å². The number of furan rings is 1. The number of likely N-dealkylation sites (tertiary alicyclic amines) is 1. The lowest BCUT2D eigenvalue weighted by Crippen LogP contribution is -2.57. The summed E-state index contributed by atoms with van der Waals surface area (Å²) in [6.45, 7) is 12.8. The predicted molar refractivity (Wildman–Crippen MR) is 105 cm³/mol. The average Bonchev–Trinajstić information content (AvgIpc) is 2.95. The lowest BCUT2D eigenvalue weighted by molar-refractivity contribution is 0.0405. The maximum atomic E-state index is 12.2. The molecule has 158 valence electrons. The number of hydrogen-bond donors (Lipinski definition) is 2. The van der Waals surface area contributed by atoms with Crippen molar-refractivity contribution in [2.24, 2.45) is 0 Å². The molecule has 0 aromatic carbocycles. The fourth-order valence-corrected chi connectivity index (χ4v) is 3.10. The summed E-state index contributed by atoms with van der Waals surface area (Å²) in [5.74, 6) is 0.828. The minimum atomic E-state index is -0.569. The first-order chi connectivity index (χ1) is 12.9. The Hall–Kier alpha value is -2.22. The summed E-state index contributed by atoms with van der Waals surface area (Å²) < 4.78 is 16.2. The zero-order chi connectivity index (χ0) is 20.9. The first kappa shape index (κ1) is 22.1. The third-order valence-corrected chi connectivity index (χ3v) is 3.93. The van der Waals surface area contributed by atoms with Gasteiger partial charge in [-0.3, -0.25) is 4.90 Å². The van der Waals surface area contributed by atoms with Gasteiger partial charge in [0, 0.05) is 25.2 Å². The van der Waals surface area contributed by atoms with E-state index in [0.717, 1.165) is 5.76 Å². The Morgan fingerprint density at radius 1 is 1.04 bits per heavy atom. The van der Waals surface area contributed by atoms with E-state index in [0.29, 0.717) is 26.1 Å². The van der Waals surface area contributed by atoms with E-state index in [1.54, 1.807) is 6.26 Å². The Labute approximate surface area is 166 Å². The van der Waals surface area contributed by atoms with Gasteiger partial charge < -0.3 is 24.5 Å². The topological polar surface area (TPSA) is 93.0 Å². The Balaban J connectivity index is 2.00. The molecule has 2 rings (SSSR count). The maximum Gasteiger partial charge on any atom is 0.407 e. The van der Waals surface area contributed by atoms with Gasteiger partial charge in [-0.25, -0.2) is 9.59 Å². The highest BCUT2D eigenvalue weighted by atomic mass is 16.6. The molecule has 1 aliphatic rings. The van der Waals surface area contributed by atoms with Crippen molar-refractivity contribution in [3.63, 3.8) is 0 Å². The van der Waals surface area contributed by atoms with Crippen LogP contribution in [0.3, 0.4) is 0 Å². The quantitative estimate of drug-likeness (QED) is 0.813. The van der Waals surface area contributed by atoms with Gasteiger partial charge in [-0.15, -0.1) is 0 Å². The van der Waals surface area contributed by atoms with Crippen molar-refractivity contribution in [2.75, 3.05) is 13.1 Å². The van der Waals surface area contributed by atoms with Crippen LogP contribution in [0, 0.1) is 0 Å². The van der Waals surface area contributed by atoms with Gasteiger partial charge in [0.2, 0.25) is 0 Å². The summed E-state index contributed by atoms with van der Waals surface area (Å²) in [5, 5.41) is 5.82. The fourth-order valence-electron chi connectivity index (χ4n) is 3.10. The van der Waals surface area contributed by atoms with Gasteiger partial charge in [-0.2, -0.15) is 0 Å². The molecule has 2 amide bonds.